The van der Waals surface area contributed by atoms with E-state index < -0.39 is 16.6 Å². The fraction of sp³-hybridized carbons (Fsp3) is 0.136. The summed E-state index contributed by atoms with van der Waals surface area (Å²) in [6.07, 6.45) is 0. The van der Waals surface area contributed by atoms with E-state index in [1.54, 1.807) is 36.4 Å². The van der Waals surface area contributed by atoms with Gasteiger partial charge in [-0.1, -0.05) is 36.4 Å². The zero-order chi connectivity index (χ0) is 20.9. The lowest BCUT2D eigenvalue weighted by molar-refractivity contribution is -0.385. The molecule has 0 atom stereocenters. The number of carbonyl (C=O) groups is 1. The van der Waals surface area contributed by atoms with Crippen molar-refractivity contribution in [2.75, 3.05) is 13.2 Å². The van der Waals surface area contributed by atoms with Crippen molar-refractivity contribution in [3.8, 4) is 23.0 Å². The van der Waals surface area contributed by atoms with Crippen molar-refractivity contribution in [2.45, 2.75) is 6.61 Å². The second-order valence-corrected chi connectivity index (χ2v) is 6.37. The second kappa shape index (κ2) is 8.52. The van der Waals surface area contributed by atoms with E-state index in [-0.39, 0.29) is 30.3 Å². The van der Waals surface area contributed by atoms with Gasteiger partial charge in [0.1, 0.15) is 36.9 Å². The predicted octanol–water partition coefficient (Wildman–Crippen LogP) is 4.52. The molecule has 1 aliphatic heterocycles. The Morgan fingerprint density at radius 2 is 1.63 bits per heavy atom. The van der Waals surface area contributed by atoms with E-state index >= 15 is 0 Å². The van der Waals surface area contributed by atoms with Crippen LogP contribution in [0.5, 0.6) is 23.0 Å². The molecule has 3 aromatic rings. The van der Waals surface area contributed by atoms with Gasteiger partial charge in [-0.3, -0.25) is 10.1 Å². The highest BCUT2D eigenvalue weighted by atomic mass is 16.6. The minimum Gasteiger partial charge on any atom is -0.486 e. The Hall–Kier alpha value is -4.07. The van der Waals surface area contributed by atoms with E-state index in [1.807, 2.05) is 18.2 Å². The molecule has 1 heterocycles. The van der Waals surface area contributed by atoms with Gasteiger partial charge in [0.05, 0.1) is 11.0 Å². The zero-order valence-corrected chi connectivity index (χ0v) is 15.8. The molecule has 1 aliphatic rings. The van der Waals surface area contributed by atoms with Crippen LogP contribution in [-0.2, 0) is 11.3 Å². The van der Waals surface area contributed by atoms with E-state index in [4.69, 9.17) is 18.9 Å². The van der Waals surface area contributed by atoms with Crippen molar-refractivity contribution in [1.82, 2.24) is 0 Å². The number of esters is 1. The van der Waals surface area contributed by atoms with E-state index in [0.717, 1.165) is 0 Å². The third-order valence-electron chi connectivity index (χ3n) is 4.38. The minimum absolute atomic E-state index is 0.118. The number of hydrogen-bond acceptors (Lipinski definition) is 7. The summed E-state index contributed by atoms with van der Waals surface area (Å²) in [6.45, 7) is 0.461. The Kier molecular flexibility index (Phi) is 5.47. The van der Waals surface area contributed by atoms with Gasteiger partial charge in [0.25, 0.3) is 5.69 Å². The van der Waals surface area contributed by atoms with E-state index in [9.17, 15) is 14.9 Å². The van der Waals surface area contributed by atoms with Gasteiger partial charge in [-0.25, -0.2) is 4.79 Å². The van der Waals surface area contributed by atoms with Crippen LogP contribution in [0.15, 0.2) is 66.7 Å². The number of nitro benzene ring substituents is 1. The number of fused-ring (bicyclic) bond motifs is 1. The summed E-state index contributed by atoms with van der Waals surface area (Å²) in [5, 5.41) is 11.4. The highest BCUT2D eigenvalue weighted by Gasteiger charge is 2.27. The summed E-state index contributed by atoms with van der Waals surface area (Å²) in [4.78, 5) is 23.4. The molecule has 4 rings (SSSR count). The maximum Gasteiger partial charge on any atom is 0.345 e. The van der Waals surface area contributed by atoms with Crippen molar-refractivity contribution >= 4 is 11.7 Å². The van der Waals surface area contributed by atoms with E-state index in [1.165, 1.54) is 12.1 Å². The molecular weight excluding hydrogens is 390 g/mol. The van der Waals surface area contributed by atoms with Crippen LogP contribution < -0.4 is 14.2 Å². The lowest BCUT2D eigenvalue weighted by atomic mass is 10.1. The van der Waals surface area contributed by atoms with Gasteiger partial charge in [0.15, 0.2) is 11.5 Å². The SMILES string of the molecule is O=C(OCc1ccccc1Oc1ccccc1)c1cc2c(cc1[N+](=O)[O-])OCCO2. The Morgan fingerprint density at radius 1 is 0.967 bits per heavy atom. The monoisotopic (exact) mass is 407 g/mol. The predicted molar refractivity (Wildman–Crippen MR) is 106 cm³/mol. The Bertz CT molecular complexity index is 1080. The lowest BCUT2D eigenvalue weighted by Gasteiger charge is -2.18. The van der Waals surface area contributed by atoms with Crippen LogP contribution in [0.25, 0.3) is 0 Å². The number of para-hydroxylation sites is 2. The van der Waals surface area contributed by atoms with Gasteiger partial charge in [0, 0.05) is 11.6 Å². The molecule has 8 nitrogen and oxygen atoms in total. The van der Waals surface area contributed by atoms with Crippen molar-refractivity contribution in [2.24, 2.45) is 0 Å². The molecule has 0 spiro atoms. The number of ether oxygens (including phenoxy) is 4. The molecular formula is C22H17NO7. The second-order valence-electron chi connectivity index (χ2n) is 6.37. The van der Waals surface area contributed by atoms with Crippen LogP contribution in [0.1, 0.15) is 15.9 Å². The fourth-order valence-electron chi connectivity index (χ4n) is 2.95. The van der Waals surface area contributed by atoms with E-state index in [0.29, 0.717) is 23.7 Å². The Balaban J connectivity index is 1.54. The number of nitrogens with zero attached hydrogens (tertiary/aromatic N) is 1. The van der Waals surface area contributed by atoms with Crippen LogP contribution in [-0.4, -0.2) is 24.1 Å². The van der Waals surface area contributed by atoms with Crippen LogP contribution in [0, 0.1) is 10.1 Å². The molecule has 0 radical (unpaired) electrons. The molecule has 30 heavy (non-hydrogen) atoms. The average Bonchev–Trinajstić information content (AvgIpc) is 2.78. The van der Waals surface area contributed by atoms with Crippen LogP contribution in [0.2, 0.25) is 0 Å². The molecule has 152 valence electrons. The first kappa shape index (κ1) is 19.3. The van der Waals surface area contributed by atoms with Crippen molar-refractivity contribution in [1.29, 1.82) is 0 Å². The fourth-order valence-corrected chi connectivity index (χ4v) is 2.95. The van der Waals surface area contributed by atoms with Crippen molar-refractivity contribution in [3.05, 3.63) is 88.0 Å². The van der Waals surface area contributed by atoms with E-state index in [2.05, 4.69) is 0 Å². The summed E-state index contributed by atoms with van der Waals surface area (Å²) in [7, 11) is 0. The van der Waals surface area contributed by atoms with Gasteiger partial charge in [-0.05, 0) is 18.2 Å². The topological polar surface area (TPSA) is 97.1 Å². The molecule has 0 aromatic heterocycles. The quantitative estimate of drug-likeness (QED) is 0.337. The molecule has 0 aliphatic carbocycles. The number of rotatable bonds is 6. The van der Waals surface area contributed by atoms with Gasteiger partial charge in [-0.2, -0.15) is 0 Å². The molecule has 0 saturated carbocycles. The molecule has 0 amide bonds. The van der Waals surface area contributed by atoms with Crippen molar-refractivity contribution in [3.63, 3.8) is 0 Å². The van der Waals surface area contributed by atoms with Gasteiger partial charge < -0.3 is 18.9 Å². The molecule has 0 N–H and O–H groups in total. The summed E-state index contributed by atoms with van der Waals surface area (Å²) in [5.41, 5.74) is 0.0127. The normalized spacial score (nSPS) is 12.1. The standard InChI is InChI=1S/C22H17NO7/c24-22(17-12-20-21(28-11-10-27-20)13-18(17)23(25)26)29-14-15-6-4-5-9-19(15)30-16-7-2-1-3-8-16/h1-9,12-13H,10-11,14H2. The van der Waals surface area contributed by atoms with Crippen LogP contribution in [0.4, 0.5) is 5.69 Å². The molecule has 3 aromatic carbocycles. The lowest BCUT2D eigenvalue weighted by Crippen LogP contribution is -2.17. The largest absolute Gasteiger partial charge is 0.486 e. The first-order valence-electron chi connectivity index (χ1n) is 9.18. The smallest absolute Gasteiger partial charge is 0.345 e. The van der Waals surface area contributed by atoms with Gasteiger partial charge in [0.2, 0.25) is 0 Å². The molecule has 0 unspecified atom stereocenters. The molecule has 8 heteroatoms. The number of carbonyl (C=O) groups excluding carboxylic acids is 1. The average molecular weight is 407 g/mol. The maximum absolute atomic E-state index is 12.6. The Labute approximate surface area is 171 Å². The third kappa shape index (κ3) is 4.17. The molecule has 0 saturated heterocycles. The summed E-state index contributed by atoms with van der Waals surface area (Å²) < 4.78 is 22.0. The number of hydrogen-bond donors (Lipinski definition) is 0. The van der Waals surface area contributed by atoms with Crippen LogP contribution >= 0.6 is 0 Å². The maximum atomic E-state index is 12.6. The van der Waals surface area contributed by atoms with Gasteiger partial charge >= 0.3 is 5.97 Å². The molecule has 0 fully saturated rings. The highest BCUT2D eigenvalue weighted by Crippen LogP contribution is 2.37. The summed E-state index contributed by atoms with van der Waals surface area (Å²) >= 11 is 0. The van der Waals surface area contributed by atoms with Gasteiger partial charge in [-0.15, -0.1) is 0 Å². The summed E-state index contributed by atoms with van der Waals surface area (Å²) in [6, 6.07) is 18.7. The third-order valence-corrected chi connectivity index (χ3v) is 4.38. The Morgan fingerprint density at radius 3 is 2.37 bits per heavy atom. The first-order chi connectivity index (χ1) is 14.6. The zero-order valence-electron chi connectivity index (χ0n) is 15.8. The number of nitro groups is 1. The highest BCUT2D eigenvalue weighted by molar-refractivity contribution is 5.95. The minimum atomic E-state index is -0.840. The molecule has 0 bridgehead atoms. The van der Waals surface area contributed by atoms with Crippen molar-refractivity contribution < 1.29 is 28.7 Å². The number of benzene rings is 3. The first-order valence-corrected chi connectivity index (χ1v) is 9.18. The van der Waals surface area contributed by atoms with Crippen LogP contribution in [0.3, 0.4) is 0 Å². The summed E-state index contributed by atoms with van der Waals surface area (Å²) in [5.74, 6) is 0.817.